The molecule has 1 aromatic carbocycles. The molecule has 0 saturated heterocycles. The highest BCUT2D eigenvalue weighted by molar-refractivity contribution is 5.29. The summed E-state index contributed by atoms with van der Waals surface area (Å²) >= 11 is 0. The van der Waals surface area contributed by atoms with Gasteiger partial charge in [0, 0.05) is 0 Å². The molecule has 0 aliphatic heterocycles. The van der Waals surface area contributed by atoms with Crippen LogP contribution in [0.25, 0.3) is 0 Å². The summed E-state index contributed by atoms with van der Waals surface area (Å²) in [6, 6.07) is 8.54. The predicted octanol–water partition coefficient (Wildman–Crippen LogP) is 4.34. The van der Waals surface area contributed by atoms with E-state index < -0.39 is 0 Å². The van der Waals surface area contributed by atoms with Crippen LogP contribution in [0.4, 0.5) is 0 Å². The van der Waals surface area contributed by atoms with Crippen LogP contribution in [0.15, 0.2) is 24.3 Å². The average Bonchev–Trinajstić information content (AvgIpc) is 2.34. The van der Waals surface area contributed by atoms with E-state index in [0.29, 0.717) is 5.92 Å². The Kier molecular flexibility index (Phi) is 6.93. The van der Waals surface area contributed by atoms with Gasteiger partial charge in [-0.15, -0.1) is 0 Å². The van der Waals surface area contributed by atoms with Crippen LogP contribution >= 0.6 is 0 Å². The lowest BCUT2D eigenvalue weighted by Crippen LogP contribution is -2.09. The van der Waals surface area contributed by atoms with Gasteiger partial charge in [0.15, 0.2) is 0 Å². The van der Waals surface area contributed by atoms with Crippen molar-refractivity contribution in [3.63, 3.8) is 0 Å². The van der Waals surface area contributed by atoms with Gasteiger partial charge >= 0.3 is 0 Å². The number of benzene rings is 1. The molecular formula is C17H29NO. The second kappa shape index (κ2) is 8.21. The molecule has 0 bridgehead atoms. The van der Waals surface area contributed by atoms with Gasteiger partial charge in [-0.2, -0.15) is 0 Å². The minimum Gasteiger partial charge on any atom is -0.491 e. The van der Waals surface area contributed by atoms with E-state index in [1.54, 1.807) is 0 Å². The normalized spacial score (nSPS) is 13.0. The summed E-state index contributed by atoms with van der Waals surface area (Å²) in [6.45, 7) is 9.41. The Hall–Kier alpha value is -1.02. The summed E-state index contributed by atoms with van der Waals surface area (Å²) in [5, 5.41) is 0. The van der Waals surface area contributed by atoms with Crippen LogP contribution in [-0.2, 0) is 0 Å². The molecule has 2 N–H and O–H groups in total. The third kappa shape index (κ3) is 6.11. The van der Waals surface area contributed by atoms with Crippen LogP contribution in [0.2, 0.25) is 0 Å². The van der Waals surface area contributed by atoms with Gasteiger partial charge < -0.3 is 10.5 Å². The van der Waals surface area contributed by atoms with Crippen molar-refractivity contribution in [1.29, 1.82) is 0 Å². The van der Waals surface area contributed by atoms with Crippen molar-refractivity contribution in [2.24, 2.45) is 11.7 Å². The molecule has 0 aromatic heterocycles. The Morgan fingerprint density at radius 2 is 1.58 bits per heavy atom. The number of rotatable bonds is 8. The summed E-state index contributed by atoms with van der Waals surface area (Å²) in [5.74, 6) is 2.29. The summed E-state index contributed by atoms with van der Waals surface area (Å²) in [4.78, 5) is 0. The van der Waals surface area contributed by atoms with Gasteiger partial charge in [0.2, 0.25) is 0 Å². The predicted molar refractivity (Wildman–Crippen MR) is 82.7 cm³/mol. The van der Waals surface area contributed by atoms with Crippen LogP contribution in [0.5, 0.6) is 5.75 Å². The Labute approximate surface area is 118 Å². The average molecular weight is 263 g/mol. The fourth-order valence-electron chi connectivity index (χ4n) is 2.30. The molecular weight excluding hydrogens is 234 g/mol. The SMILES string of the molecule is CC(C)CCC(CCN)c1ccc(OC(C)C)cc1. The molecule has 19 heavy (non-hydrogen) atoms. The van der Waals surface area contributed by atoms with Crippen LogP contribution < -0.4 is 10.5 Å². The fourth-order valence-corrected chi connectivity index (χ4v) is 2.30. The molecule has 0 amide bonds. The van der Waals surface area contributed by atoms with Gasteiger partial charge in [-0.1, -0.05) is 32.4 Å². The van der Waals surface area contributed by atoms with Crippen molar-refractivity contribution in [1.82, 2.24) is 0 Å². The van der Waals surface area contributed by atoms with E-state index in [1.165, 1.54) is 18.4 Å². The minimum absolute atomic E-state index is 0.228. The molecule has 0 aliphatic carbocycles. The molecule has 0 heterocycles. The molecule has 0 aliphatic rings. The smallest absolute Gasteiger partial charge is 0.119 e. The molecule has 1 aromatic rings. The summed E-state index contributed by atoms with van der Waals surface area (Å²) in [6.07, 6.45) is 3.78. The molecule has 1 unspecified atom stereocenters. The first-order valence-corrected chi connectivity index (χ1v) is 7.49. The van der Waals surface area contributed by atoms with Gasteiger partial charge in [-0.3, -0.25) is 0 Å². The van der Waals surface area contributed by atoms with E-state index in [1.807, 2.05) is 13.8 Å². The largest absolute Gasteiger partial charge is 0.491 e. The highest BCUT2D eigenvalue weighted by Crippen LogP contribution is 2.28. The summed E-state index contributed by atoms with van der Waals surface area (Å²) in [5.41, 5.74) is 7.14. The van der Waals surface area contributed by atoms with Gasteiger partial charge in [-0.25, -0.2) is 0 Å². The topological polar surface area (TPSA) is 35.2 Å². The van der Waals surface area contributed by atoms with E-state index in [0.717, 1.165) is 24.6 Å². The maximum Gasteiger partial charge on any atom is 0.119 e. The van der Waals surface area contributed by atoms with Crippen molar-refractivity contribution < 1.29 is 4.74 Å². The van der Waals surface area contributed by atoms with Gasteiger partial charge in [0.1, 0.15) is 5.75 Å². The van der Waals surface area contributed by atoms with E-state index in [2.05, 4.69) is 38.1 Å². The van der Waals surface area contributed by atoms with E-state index in [-0.39, 0.29) is 6.10 Å². The zero-order chi connectivity index (χ0) is 14.3. The second-order valence-electron chi connectivity index (χ2n) is 5.98. The molecule has 0 saturated carbocycles. The van der Waals surface area contributed by atoms with Crippen LogP contribution in [0.1, 0.15) is 58.4 Å². The molecule has 0 spiro atoms. The molecule has 2 heteroatoms. The molecule has 108 valence electrons. The number of ether oxygens (including phenoxy) is 1. The number of nitrogens with two attached hydrogens (primary N) is 1. The van der Waals surface area contributed by atoms with Crippen molar-refractivity contribution in [3.8, 4) is 5.75 Å². The third-order valence-corrected chi connectivity index (χ3v) is 3.33. The van der Waals surface area contributed by atoms with Gasteiger partial charge in [-0.05, 0) is 62.8 Å². The zero-order valence-electron chi connectivity index (χ0n) is 12.9. The summed E-state index contributed by atoms with van der Waals surface area (Å²) < 4.78 is 5.68. The Bertz CT molecular complexity index is 343. The Morgan fingerprint density at radius 1 is 0.947 bits per heavy atom. The first-order chi connectivity index (χ1) is 9.02. The lowest BCUT2D eigenvalue weighted by molar-refractivity contribution is 0.242. The standard InChI is InChI=1S/C17H29NO/c1-13(2)5-6-16(11-12-18)15-7-9-17(10-8-15)19-14(3)4/h7-10,13-14,16H,5-6,11-12,18H2,1-4H3. The van der Waals surface area contributed by atoms with Crippen LogP contribution in [0, 0.1) is 5.92 Å². The summed E-state index contributed by atoms with van der Waals surface area (Å²) in [7, 11) is 0. The third-order valence-electron chi connectivity index (χ3n) is 3.33. The molecule has 1 rings (SSSR count). The van der Waals surface area contributed by atoms with Crippen molar-refractivity contribution in [3.05, 3.63) is 29.8 Å². The maximum atomic E-state index is 5.74. The highest BCUT2D eigenvalue weighted by Gasteiger charge is 2.12. The number of hydrogen-bond donors (Lipinski definition) is 1. The van der Waals surface area contributed by atoms with Crippen LogP contribution in [-0.4, -0.2) is 12.6 Å². The molecule has 0 fully saturated rings. The maximum absolute atomic E-state index is 5.74. The number of hydrogen-bond acceptors (Lipinski definition) is 2. The van der Waals surface area contributed by atoms with Gasteiger partial charge in [0.25, 0.3) is 0 Å². The Balaban J connectivity index is 2.67. The fraction of sp³-hybridized carbons (Fsp3) is 0.647. The molecule has 1 atom stereocenters. The second-order valence-corrected chi connectivity index (χ2v) is 5.98. The van der Waals surface area contributed by atoms with Gasteiger partial charge in [0.05, 0.1) is 6.10 Å². The van der Waals surface area contributed by atoms with E-state index in [4.69, 9.17) is 10.5 Å². The molecule has 2 nitrogen and oxygen atoms in total. The first kappa shape index (κ1) is 16.0. The minimum atomic E-state index is 0.228. The Morgan fingerprint density at radius 3 is 2.05 bits per heavy atom. The van der Waals surface area contributed by atoms with Crippen molar-refractivity contribution in [2.75, 3.05) is 6.54 Å². The van der Waals surface area contributed by atoms with E-state index in [9.17, 15) is 0 Å². The van der Waals surface area contributed by atoms with Crippen molar-refractivity contribution >= 4 is 0 Å². The highest BCUT2D eigenvalue weighted by atomic mass is 16.5. The monoisotopic (exact) mass is 263 g/mol. The zero-order valence-corrected chi connectivity index (χ0v) is 12.9. The first-order valence-electron chi connectivity index (χ1n) is 7.49. The van der Waals surface area contributed by atoms with Crippen LogP contribution in [0.3, 0.4) is 0 Å². The molecule has 0 radical (unpaired) electrons. The van der Waals surface area contributed by atoms with E-state index >= 15 is 0 Å². The quantitative estimate of drug-likeness (QED) is 0.757. The lowest BCUT2D eigenvalue weighted by atomic mass is 9.89. The van der Waals surface area contributed by atoms with Crippen molar-refractivity contribution in [2.45, 2.75) is 59.0 Å². The lowest BCUT2D eigenvalue weighted by Gasteiger charge is -2.18.